The first-order valence-corrected chi connectivity index (χ1v) is 7.26. The van der Waals surface area contributed by atoms with Crippen LogP contribution in [-0.4, -0.2) is 5.25 Å². The first kappa shape index (κ1) is 11.8. The summed E-state index contributed by atoms with van der Waals surface area (Å²) < 4.78 is 0.970. The third-order valence-electron chi connectivity index (χ3n) is 2.99. The average molecular weight is 252 g/mol. The molecule has 0 fully saturated rings. The van der Waals surface area contributed by atoms with Crippen LogP contribution in [0.1, 0.15) is 18.4 Å². The van der Waals surface area contributed by atoms with E-state index in [1.54, 1.807) is 0 Å². The van der Waals surface area contributed by atoms with Crippen LogP contribution in [0.15, 0.2) is 52.3 Å². The van der Waals surface area contributed by atoms with E-state index in [0.29, 0.717) is 11.2 Å². The van der Waals surface area contributed by atoms with Gasteiger partial charge in [-0.25, -0.2) is 0 Å². The molecule has 1 aromatic carbocycles. The Morgan fingerprint density at radius 3 is 2.50 bits per heavy atom. The Balaban J connectivity index is 2.14. The normalized spacial score (nSPS) is 25.2. The maximum atomic E-state index is 6.19. The number of rotatable bonds is 3. The zero-order chi connectivity index (χ0) is 11.5. The summed E-state index contributed by atoms with van der Waals surface area (Å²) in [5.74, 6) is 0.442. The Morgan fingerprint density at radius 1 is 1.25 bits per heavy atom. The molecule has 1 aliphatic heterocycles. The van der Waals surface area contributed by atoms with Crippen molar-refractivity contribution >= 4 is 22.5 Å². The molecule has 0 aromatic heterocycles. The van der Waals surface area contributed by atoms with Crippen LogP contribution in [0.4, 0.5) is 0 Å². The minimum atomic E-state index is -0.396. The van der Waals surface area contributed by atoms with Gasteiger partial charge in [-0.05, 0) is 29.9 Å². The molecule has 0 saturated carbocycles. The Hall–Kier alpha value is -0.660. The Kier molecular flexibility index (Phi) is 3.78. The van der Waals surface area contributed by atoms with Crippen molar-refractivity contribution in [1.82, 2.24) is 0 Å². The molecule has 3 unspecified atom stereocenters. The van der Waals surface area contributed by atoms with E-state index in [4.69, 9.17) is 11.6 Å². The van der Waals surface area contributed by atoms with E-state index in [-0.39, 0.29) is 0 Å². The van der Waals surface area contributed by atoms with E-state index in [9.17, 15) is 0 Å². The lowest BCUT2D eigenvalue weighted by Gasteiger charge is -2.28. The summed E-state index contributed by atoms with van der Waals surface area (Å²) in [5, 5.41) is 2.55. The Labute approximate surface area is 105 Å². The van der Waals surface area contributed by atoms with Crippen molar-refractivity contribution in [1.29, 1.82) is 0 Å². The van der Waals surface area contributed by atoms with Crippen LogP contribution in [0.25, 0.3) is 0 Å². The molecule has 0 N–H and O–H groups in total. The van der Waals surface area contributed by atoms with Crippen LogP contribution in [0.5, 0.6) is 0 Å². The summed E-state index contributed by atoms with van der Waals surface area (Å²) in [6, 6.07) is 10.5. The number of benzene rings is 1. The molecule has 16 heavy (non-hydrogen) atoms. The summed E-state index contributed by atoms with van der Waals surface area (Å²) >= 11 is 6.19. The average Bonchev–Trinajstić information content (AvgIpc) is 2.75. The highest BCUT2D eigenvalue weighted by Gasteiger charge is 2.22. The molecule has 85 valence electrons. The van der Waals surface area contributed by atoms with E-state index >= 15 is 0 Å². The summed E-state index contributed by atoms with van der Waals surface area (Å²) in [4.78, 5) is 0. The van der Waals surface area contributed by atoms with Gasteiger partial charge in [-0.3, -0.25) is 0 Å². The first-order chi connectivity index (χ1) is 7.70. The van der Waals surface area contributed by atoms with Crippen LogP contribution in [-0.2, 0) is 0 Å². The second kappa shape index (κ2) is 5.11. The van der Waals surface area contributed by atoms with Crippen molar-refractivity contribution in [2.45, 2.75) is 18.1 Å². The second-order valence-electron chi connectivity index (χ2n) is 4.00. The van der Waals surface area contributed by atoms with Gasteiger partial charge in [0.15, 0.2) is 0 Å². The van der Waals surface area contributed by atoms with Crippen molar-refractivity contribution in [3.8, 4) is 0 Å². The predicted molar refractivity (Wildman–Crippen MR) is 76.1 cm³/mol. The van der Waals surface area contributed by atoms with E-state index in [1.165, 1.54) is 5.56 Å². The quantitative estimate of drug-likeness (QED) is 0.746. The Morgan fingerprint density at radius 2 is 1.94 bits per heavy atom. The lowest BCUT2D eigenvalue weighted by Crippen LogP contribution is -2.11. The number of hydrogen-bond donors (Lipinski definition) is 1. The van der Waals surface area contributed by atoms with Crippen LogP contribution in [0, 0.1) is 6.92 Å². The monoisotopic (exact) mass is 251 g/mol. The fourth-order valence-electron chi connectivity index (χ4n) is 1.86. The fraction of sp³-hybridized carbons (Fsp3) is 0.214. The van der Waals surface area contributed by atoms with Gasteiger partial charge in [-0.1, -0.05) is 54.9 Å². The number of thiol groups is 1. The summed E-state index contributed by atoms with van der Waals surface area (Å²) in [6.45, 7) is 6.53. The predicted octanol–water partition coefficient (Wildman–Crippen LogP) is 4.60. The zero-order valence-corrected chi connectivity index (χ0v) is 11.0. The van der Waals surface area contributed by atoms with Gasteiger partial charge < -0.3 is 0 Å². The van der Waals surface area contributed by atoms with Crippen molar-refractivity contribution in [3.05, 3.63) is 64.7 Å². The van der Waals surface area contributed by atoms with Gasteiger partial charge in [-0.2, -0.15) is 10.9 Å². The van der Waals surface area contributed by atoms with Gasteiger partial charge in [0.25, 0.3) is 0 Å². The van der Waals surface area contributed by atoms with Crippen molar-refractivity contribution in [2.24, 2.45) is 0 Å². The minimum absolute atomic E-state index is 0.347. The van der Waals surface area contributed by atoms with Gasteiger partial charge in [0.05, 0.1) is 4.36 Å². The van der Waals surface area contributed by atoms with Gasteiger partial charge in [-0.15, -0.1) is 0 Å². The van der Waals surface area contributed by atoms with Crippen LogP contribution >= 0.6 is 22.5 Å². The standard InChI is InChI=1S/C14H16ClS/c1-11(13-7-4-3-5-8-13)12(2)16-10-6-9-14(16)15/h3-12,16H,2H2,1H3. The lowest BCUT2D eigenvalue weighted by atomic mass is 9.99. The van der Waals surface area contributed by atoms with E-state index in [2.05, 4.69) is 43.5 Å². The molecule has 0 aliphatic carbocycles. The third kappa shape index (κ3) is 2.36. The van der Waals surface area contributed by atoms with E-state index in [0.717, 1.165) is 4.36 Å². The van der Waals surface area contributed by atoms with E-state index in [1.807, 2.05) is 18.2 Å². The molecule has 1 heterocycles. The molecule has 1 radical (unpaired) electrons. The van der Waals surface area contributed by atoms with Gasteiger partial charge in [0.2, 0.25) is 0 Å². The molecule has 1 aliphatic rings. The molecular weight excluding hydrogens is 236 g/mol. The van der Waals surface area contributed by atoms with Crippen LogP contribution in [0.2, 0.25) is 0 Å². The topological polar surface area (TPSA) is 0 Å². The largest absolute Gasteiger partial charge is 0.193 e. The second-order valence-corrected chi connectivity index (χ2v) is 6.93. The zero-order valence-electron chi connectivity index (χ0n) is 9.31. The van der Waals surface area contributed by atoms with Gasteiger partial charge >= 0.3 is 0 Å². The summed E-state index contributed by atoms with van der Waals surface area (Å²) in [7, 11) is -0.396. The van der Waals surface area contributed by atoms with Gasteiger partial charge in [0, 0.05) is 5.25 Å². The van der Waals surface area contributed by atoms with Gasteiger partial charge in [0.1, 0.15) is 0 Å². The molecule has 2 heteroatoms. The molecule has 0 bridgehead atoms. The lowest BCUT2D eigenvalue weighted by molar-refractivity contribution is 0.793. The highest BCUT2D eigenvalue weighted by atomic mass is 35.5. The maximum Gasteiger partial charge on any atom is 0.0577 e. The molecule has 2 rings (SSSR count). The number of allylic oxidation sites excluding steroid dienone is 2. The van der Waals surface area contributed by atoms with Crippen LogP contribution in [0.3, 0.4) is 0 Å². The highest BCUT2D eigenvalue weighted by molar-refractivity contribution is 8.24. The Bertz CT molecular complexity index is 408. The molecular formula is C14H16ClS. The SMILES string of the molecule is [CH2]C(C(C)c1ccccc1)[SH]1C=CC=C1Cl. The molecule has 0 amide bonds. The van der Waals surface area contributed by atoms with E-state index < -0.39 is 10.9 Å². The molecule has 3 atom stereocenters. The fourth-order valence-corrected chi connectivity index (χ4v) is 4.34. The van der Waals surface area contributed by atoms with Crippen molar-refractivity contribution < 1.29 is 0 Å². The molecule has 0 saturated heterocycles. The molecule has 1 aromatic rings. The smallest absolute Gasteiger partial charge is 0.0577 e. The number of halogens is 1. The minimum Gasteiger partial charge on any atom is -0.193 e. The molecule has 0 spiro atoms. The summed E-state index contributed by atoms with van der Waals surface area (Å²) in [6.07, 6.45) is 4.03. The maximum absolute atomic E-state index is 6.19. The van der Waals surface area contributed by atoms with Crippen molar-refractivity contribution in [2.75, 3.05) is 0 Å². The molecule has 0 nitrogen and oxygen atoms in total. The highest BCUT2D eigenvalue weighted by Crippen LogP contribution is 2.51. The summed E-state index contributed by atoms with van der Waals surface area (Å²) in [5.41, 5.74) is 1.34. The third-order valence-corrected chi connectivity index (χ3v) is 6.00. The van der Waals surface area contributed by atoms with Crippen LogP contribution < -0.4 is 0 Å². The number of hydrogen-bond acceptors (Lipinski definition) is 0. The first-order valence-electron chi connectivity index (χ1n) is 5.40. The van der Waals surface area contributed by atoms with Crippen molar-refractivity contribution in [3.63, 3.8) is 0 Å².